The van der Waals surface area contributed by atoms with E-state index >= 15 is 0 Å². The molecule has 0 aromatic heterocycles. The molecule has 0 radical (unpaired) electrons. The summed E-state index contributed by atoms with van der Waals surface area (Å²) in [5.74, 6) is -2.05. The molecule has 3 N–H and O–H groups in total. The van der Waals surface area contributed by atoms with E-state index in [1.807, 2.05) is 13.8 Å². The fraction of sp³-hybridized carbons (Fsp3) is 0.692. The zero-order valence-corrected chi connectivity index (χ0v) is 15.9. The van der Waals surface area contributed by atoms with Crippen LogP contribution in [0.1, 0.15) is 41.0 Å². The van der Waals surface area contributed by atoms with Crippen molar-refractivity contribution >= 4 is 22.0 Å². The second-order valence-corrected chi connectivity index (χ2v) is 7.51. The van der Waals surface area contributed by atoms with Gasteiger partial charge in [0.1, 0.15) is 5.70 Å². The van der Waals surface area contributed by atoms with Crippen LogP contribution in [-0.2, 0) is 19.7 Å². The van der Waals surface area contributed by atoms with Gasteiger partial charge in [0, 0.05) is 5.92 Å². The van der Waals surface area contributed by atoms with Crippen LogP contribution in [0.15, 0.2) is 11.8 Å². The average molecular weight is 343 g/mol. The molecule has 1 amide bonds. The van der Waals surface area contributed by atoms with Gasteiger partial charge in [-0.1, -0.05) is 19.9 Å². The fourth-order valence-corrected chi connectivity index (χ4v) is 2.57. The number of carbonyl (C=O) groups is 2. The molecular formula is C13H22NNaO6S. The third kappa shape index (κ3) is 7.73. The van der Waals surface area contributed by atoms with E-state index in [4.69, 9.17) is 9.66 Å². The third-order valence-corrected chi connectivity index (χ3v) is 4.33. The van der Waals surface area contributed by atoms with Crippen LogP contribution in [0, 0.1) is 11.3 Å². The molecule has 1 unspecified atom stereocenters. The van der Waals surface area contributed by atoms with Crippen molar-refractivity contribution < 1.29 is 58.7 Å². The van der Waals surface area contributed by atoms with Crippen LogP contribution < -0.4 is 34.9 Å². The number of carbonyl (C=O) groups excluding carboxylic acids is 1. The van der Waals surface area contributed by atoms with Gasteiger partial charge in [-0.15, -0.1) is 0 Å². The Morgan fingerprint density at radius 1 is 1.36 bits per heavy atom. The minimum absolute atomic E-state index is 0. The Hall–Kier alpha value is -0.410. The predicted molar refractivity (Wildman–Crippen MR) is 77.1 cm³/mol. The number of aliphatic carboxylic acids is 1. The van der Waals surface area contributed by atoms with E-state index in [1.54, 1.807) is 0 Å². The van der Waals surface area contributed by atoms with Crippen molar-refractivity contribution in [2.45, 2.75) is 39.5 Å². The zero-order valence-electron chi connectivity index (χ0n) is 14.1. The third-order valence-electron chi connectivity index (χ3n) is 3.52. The van der Waals surface area contributed by atoms with Gasteiger partial charge in [0.05, 0.1) is 5.75 Å². The molecule has 1 aliphatic carbocycles. The maximum Gasteiger partial charge on any atom is 1.00 e. The number of amides is 1. The Morgan fingerprint density at radius 2 is 1.91 bits per heavy atom. The first-order valence-electron chi connectivity index (χ1n) is 6.72. The van der Waals surface area contributed by atoms with Crippen LogP contribution in [0.25, 0.3) is 0 Å². The molecule has 1 saturated carbocycles. The molecule has 0 bridgehead atoms. The molecule has 0 saturated heterocycles. The largest absolute Gasteiger partial charge is 1.00 e. The summed E-state index contributed by atoms with van der Waals surface area (Å²) in [5, 5.41) is 11.4. The molecule has 1 fully saturated rings. The summed E-state index contributed by atoms with van der Waals surface area (Å²) in [6.45, 7) is 3.88. The molecule has 0 spiro atoms. The molecule has 1 aliphatic rings. The van der Waals surface area contributed by atoms with Crippen molar-refractivity contribution in [3.8, 4) is 0 Å². The monoisotopic (exact) mass is 343 g/mol. The molecule has 0 heterocycles. The van der Waals surface area contributed by atoms with Crippen LogP contribution in [0.5, 0.6) is 0 Å². The van der Waals surface area contributed by atoms with Gasteiger partial charge < -0.3 is 11.8 Å². The van der Waals surface area contributed by atoms with Gasteiger partial charge in [-0.25, -0.2) is 4.79 Å². The van der Waals surface area contributed by atoms with E-state index in [-0.39, 0.29) is 66.1 Å². The van der Waals surface area contributed by atoms with Crippen molar-refractivity contribution in [3.05, 3.63) is 11.8 Å². The summed E-state index contributed by atoms with van der Waals surface area (Å²) >= 11 is 0. The number of unbranched alkanes of at least 4 members (excludes halogenated alkanes) is 2. The summed E-state index contributed by atoms with van der Waals surface area (Å²) in [4.78, 5) is 22.9. The van der Waals surface area contributed by atoms with Crippen LogP contribution >= 0.6 is 0 Å². The Morgan fingerprint density at radius 3 is 2.32 bits per heavy atom. The fourth-order valence-electron chi connectivity index (χ4n) is 2.00. The van der Waals surface area contributed by atoms with Gasteiger partial charge >= 0.3 is 35.5 Å². The number of carboxylic acid groups (broad SMARTS) is 1. The first-order valence-corrected chi connectivity index (χ1v) is 8.33. The smallest absolute Gasteiger partial charge is 1.00 e. The van der Waals surface area contributed by atoms with Crippen LogP contribution in [-0.4, -0.2) is 35.7 Å². The number of hydrogen-bond acceptors (Lipinski definition) is 4. The molecule has 0 aromatic carbocycles. The molecule has 1 atom stereocenters. The van der Waals surface area contributed by atoms with E-state index in [0.29, 0.717) is 12.8 Å². The van der Waals surface area contributed by atoms with Gasteiger partial charge in [0.2, 0.25) is 5.91 Å². The van der Waals surface area contributed by atoms with E-state index in [0.717, 1.165) is 6.42 Å². The van der Waals surface area contributed by atoms with Gasteiger partial charge in [-0.2, -0.15) is 8.42 Å². The van der Waals surface area contributed by atoms with E-state index in [1.165, 1.54) is 6.08 Å². The maximum absolute atomic E-state index is 11.8. The van der Waals surface area contributed by atoms with E-state index in [2.05, 4.69) is 5.32 Å². The second kappa shape index (κ2) is 8.44. The molecule has 0 aromatic rings. The molecule has 7 nitrogen and oxygen atoms in total. The minimum atomic E-state index is -3.98. The molecular weight excluding hydrogens is 321 g/mol. The number of nitrogens with one attached hydrogen (secondary N) is 1. The van der Waals surface area contributed by atoms with E-state index < -0.39 is 16.1 Å². The first kappa shape index (κ1) is 21.6. The van der Waals surface area contributed by atoms with E-state index in [9.17, 15) is 18.0 Å². The van der Waals surface area contributed by atoms with Crippen molar-refractivity contribution in [1.29, 1.82) is 0 Å². The summed E-state index contributed by atoms with van der Waals surface area (Å²) in [6, 6.07) is 0. The van der Waals surface area contributed by atoms with Crippen molar-refractivity contribution in [2.75, 3.05) is 5.75 Å². The number of hydrogen-bond donors (Lipinski definition) is 3. The quantitative estimate of drug-likeness (QED) is 0.209. The second-order valence-electron chi connectivity index (χ2n) is 5.94. The number of carboxylic acids is 1. The Bertz CT molecular complexity index is 561. The number of allylic oxidation sites excluding steroid dienone is 1. The van der Waals surface area contributed by atoms with Crippen LogP contribution in [0.4, 0.5) is 0 Å². The Kier molecular flexibility index (Phi) is 8.29. The Balaban J connectivity index is 0. The summed E-state index contributed by atoms with van der Waals surface area (Å²) in [5.41, 5.74) is -0.266. The predicted octanol–water partition coefficient (Wildman–Crippen LogP) is -1.71. The standard InChI is InChI=1S/C13H21NO6S.Na.H/c1-13(2)8-9(13)11(15)14-10(12(16)17)6-4-3-5-7-21(18,19)20;;/h6,9H,3-5,7-8H2,1-2H3,(H,14,15)(H,16,17)(H,18,19,20);;/q;+1;-1/b10-6-;;. The summed E-state index contributed by atoms with van der Waals surface area (Å²) < 4.78 is 29.6. The average Bonchev–Trinajstić information content (AvgIpc) is 2.94. The maximum atomic E-state index is 11.8. The SMILES string of the molecule is CC1(C)CC1C(=O)N/C(=C\CCCCS(=O)(=O)O)C(=O)O.[H-].[Na+]. The normalized spacial score (nSPS) is 20.0. The molecule has 0 aliphatic heterocycles. The van der Waals surface area contributed by atoms with Gasteiger partial charge in [-0.05, 0) is 31.1 Å². The van der Waals surface area contributed by atoms with Gasteiger partial charge in [0.25, 0.3) is 10.1 Å². The molecule has 122 valence electrons. The minimum Gasteiger partial charge on any atom is -1.00 e. The molecule has 22 heavy (non-hydrogen) atoms. The number of rotatable bonds is 8. The summed E-state index contributed by atoms with van der Waals surface area (Å²) in [6.07, 6.45) is 3.04. The Labute approximate surface area is 154 Å². The van der Waals surface area contributed by atoms with Crippen LogP contribution in [0.2, 0.25) is 0 Å². The zero-order chi connectivity index (χ0) is 16.3. The van der Waals surface area contributed by atoms with Crippen molar-refractivity contribution in [2.24, 2.45) is 11.3 Å². The van der Waals surface area contributed by atoms with Crippen molar-refractivity contribution in [1.82, 2.24) is 5.32 Å². The topological polar surface area (TPSA) is 121 Å². The summed E-state index contributed by atoms with van der Waals surface area (Å²) in [7, 11) is -3.98. The van der Waals surface area contributed by atoms with Crippen molar-refractivity contribution in [3.63, 3.8) is 0 Å². The molecule has 9 heteroatoms. The van der Waals surface area contributed by atoms with Crippen LogP contribution in [0.3, 0.4) is 0 Å². The molecule has 1 rings (SSSR count). The van der Waals surface area contributed by atoms with Gasteiger partial charge in [0.15, 0.2) is 0 Å². The first-order chi connectivity index (χ1) is 9.53. The van der Waals surface area contributed by atoms with Gasteiger partial charge in [-0.3, -0.25) is 9.35 Å².